The molecule has 0 fully saturated rings. The first-order valence-electron chi connectivity index (χ1n) is 5.43. The fourth-order valence-corrected chi connectivity index (χ4v) is 2.41. The van der Waals surface area contributed by atoms with Gasteiger partial charge in [0.25, 0.3) is 0 Å². The monoisotopic (exact) mass is 282 g/mol. The second-order valence-electron chi connectivity index (χ2n) is 3.62. The third-order valence-corrected chi connectivity index (χ3v) is 3.54. The van der Waals surface area contributed by atoms with Crippen LogP contribution in [0.15, 0.2) is 12.7 Å². The summed E-state index contributed by atoms with van der Waals surface area (Å²) in [6.45, 7) is 1.68. The minimum atomic E-state index is 0.273. The zero-order chi connectivity index (χ0) is 12.8. The SMILES string of the molecule is N#Cc1c(Cl)nsc1NCCCCn1cnnc1. The molecule has 0 amide bonds. The molecule has 1 N–H and O–H groups in total. The van der Waals surface area contributed by atoms with Crippen molar-refractivity contribution < 1.29 is 0 Å². The molecular formula is C10H11ClN6S. The summed E-state index contributed by atoms with van der Waals surface area (Å²) in [6, 6.07) is 2.04. The fourth-order valence-electron chi connectivity index (χ4n) is 1.45. The van der Waals surface area contributed by atoms with E-state index in [1.807, 2.05) is 10.6 Å². The van der Waals surface area contributed by atoms with Crippen molar-refractivity contribution in [1.29, 1.82) is 5.26 Å². The number of nitrogens with zero attached hydrogens (tertiary/aromatic N) is 5. The van der Waals surface area contributed by atoms with Crippen molar-refractivity contribution in [3.63, 3.8) is 0 Å². The number of hydrogen-bond donors (Lipinski definition) is 1. The lowest BCUT2D eigenvalue weighted by Crippen LogP contribution is -2.03. The van der Waals surface area contributed by atoms with Gasteiger partial charge in [-0.3, -0.25) is 0 Å². The molecular weight excluding hydrogens is 272 g/mol. The number of aryl methyl sites for hydroxylation is 1. The molecule has 0 atom stereocenters. The first-order valence-corrected chi connectivity index (χ1v) is 6.58. The highest BCUT2D eigenvalue weighted by Gasteiger charge is 2.10. The van der Waals surface area contributed by atoms with Crippen molar-refractivity contribution in [2.24, 2.45) is 0 Å². The van der Waals surface area contributed by atoms with Crippen molar-refractivity contribution in [2.75, 3.05) is 11.9 Å². The second kappa shape index (κ2) is 6.33. The van der Waals surface area contributed by atoms with Crippen LogP contribution in [-0.2, 0) is 6.54 Å². The lowest BCUT2D eigenvalue weighted by molar-refractivity contribution is 0.620. The normalized spacial score (nSPS) is 10.2. The van der Waals surface area contributed by atoms with Gasteiger partial charge in [-0.05, 0) is 24.4 Å². The van der Waals surface area contributed by atoms with E-state index < -0.39 is 0 Å². The molecule has 18 heavy (non-hydrogen) atoms. The smallest absolute Gasteiger partial charge is 0.162 e. The van der Waals surface area contributed by atoms with E-state index in [2.05, 4.69) is 19.9 Å². The molecule has 0 bridgehead atoms. The maximum absolute atomic E-state index is 8.89. The van der Waals surface area contributed by atoms with Crippen LogP contribution in [0.4, 0.5) is 5.00 Å². The van der Waals surface area contributed by atoms with E-state index in [-0.39, 0.29) is 5.15 Å². The molecule has 6 nitrogen and oxygen atoms in total. The lowest BCUT2D eigenvalue weighted by Gasteiger charge is -2.04. The molecule has 0 unspecified atom stereocenters. The van der Waals surface area contributed by atoms with E-state index in [0.29, 0.717) is 5.56 Å². The van der Waals surface area contributed by atoms with Gasteiger partial charge in [-0.1, -0.05) is 11.6 Å². The summed E-state index contributed by atoms with van der Waals surface area (Å²) in [6.07, 6.45) is 5.40. The van der Waals surface area contributed by atoms with Gasteiger partial charge in [0.1, 0.15) is 29.3 Å². The highest BCUT2D eigenvalue weighted by molar-refractivity contribution is 7.10. The van der Waals surface area contributed by atoms with Crippen molar-refractivity contribution in [3.8, 4) is 6.07 Å². The maximum atomic E-state index is 8.89. The van der Waals surface area contributed by atoms with Crippen LogP contribution in [0.25, 0.3) is 0 Å². The van der Waals surface area contributed by atoms with Gasteiger partial charge in [0.2, 0.25) is 0 Å². The van der Waals surface area contributed by atoms with Crippen LogP contribution in [-0.4, -0.2) is 25.7 Å². The Balaban J connectivity index is 1.71. The van der Waals surface area contributed by atoms with Gasteiger partial charge < -0.3 is 9.88 Å². The Hall–Kier alpha value is -1.65. The third-order valence-electron chi connectivity index (χ3n) is 2.36. The van der Waals surface area contributed by atoms with E-state index in [1.165, 1.54) is 11.5 Å². The fraction of sp³-hybridized carbons (Fsp3) is 0.400. The van der Waals surface area contributed by atoms with Crippen LogP contribution in [0.5, 0.6) is 0 Å². The van der Waals surface area contributed by atoms with Gasteiger partial charge in [0.15, 0.2) is 5.15 Å². The molecule has 0 aliphatic carbocycles. The van der Waals surface area contributed by atoms with Crippen LogP contribution >= 0.6 is 23.1 Å². The molecule has 0 saturated heterocycles. The molecule has 0 aliphatic rings. The number of halogens is 1. The van der Waals surface area contributed by atoms with Gasteiger partial charge in [0, 0.05) is 13.1 Å². The van der Waals surface area contributed by atoms with Crippen LogP contribution in [0.3, 0.4) is 0 Å². The Labute approximate surface area is 113 Å². The summed E-state index contributed by atoms with van der Waals surface area (Å²) in [7, 11) is 0. The molecule has 0 aliphatic heterocycles. The van der Waals surface area contributed by atoms with E-state index in [9.17, 15) is 0 Å². The largest absolute Gasteiger partial charge is 0.375 e. The molecule has 0 radical (unpaired) electrons. The average molecular weight is 283 g/mol. The van der Waals surface area contributed by atoms with E-state index >= 15 is 0 Å². The van der Waals surface area contributed by atoms with E-state index in [4.69, 9.17) is 16.9 Å². The van der Waals surface area contributed by atoms with Crippen molar-refractivity contribution in [3.05, 3.63) is 23.4 Å². The van der Waals surface area contributed by atoms with Gasteiger partial charge in [-0.2, -0.15) is 9.64 Å². The van der Waals surface area contributed by atoms with Crippen LogP contribution in [0, 0.1) is 11.3 Å². The zero-order valence-corrected chi connectivity index (χ0v) is 11.1. The zero-order valence-electron chi connectivity index (χ0n) is 9.51. The predicted molar refractivity (Wildman–Crippen MR) is 69.6 cm³/mol. The Kier molecular flexibility index (Phi) is 4.50. The Morgan fingerprint density at radius 3 is 2.89 bits per heavy atom. The molecule has 94 valence electrons. The quantitative estimate of drug-likeness (QED) is 0.821. The summed E-state index contributed by atoms with van der Waals surface area (Å²) in [4.78, 5) is 0. The van der Waals surface area contributed by atoms with Gasteiger partial charge in [-0.25, -0.2) is 0 Å². The number of rotatable bonds is 6. The summed E-state index contributed by atoms with van der Waals surface area (Å²) < 4.78 is 5.86. The molecule has 8 heteroatoms. The third kappa shape index (κ3) is 3.18. The summed E-state index contributed by atoms with van der Waals surface area (Å²) in [5.41, 5.74) is 0.431. The van der Waals surface area contributed by atoms with Crippen LogP contribution in [0.1, 0.15) is 18.4 Å². The predicted octanol–water partition coefficient (Wildman–Crippen LogP) is 2.15. The topological polar surface area (TPSA) is 79.4 Å². The van der Waals surface area contributed by atoms with E-state index in [0.717, 1.165) is 30.9 Å². The molecule has 2 heterocycles. The molecule has 0 spiro atoms. The van der Waals surface area contributed by atoms with E-state index in [1.54, 1.807) is 12.7 Å². The Morgan fingerprint density at radius 2 is 2.17 bits per heavy atom. The number of anilines is 1. The standard InChI is InChI=1S/C10H11ClN6S/c11-9-8(5-12)10(18-16-9)13-3-1-2-4-17-6-14-15-7-17/h6-7,13H,1-4H2. The molecule has 2 aromatic heterocycles. The molecule has 2 aromatic rings. The lowest BCUT2D eigenvalue weighted by atomic mass is 10.3. The molecule has 2 rings (SSSR count). The van der Waals surface area contributed by atoms with Crippen molar-refractivity contribution in [1.82, 2.24) is 19.1 Å². The first-order chi connectivity index (χ1) is 8.81. The van der Waals surface area contributed by atoms with Crippen LogP contribution in [0.2, 0.25) is 5.15 Å². The number of aromatic nitrogens is 4. The first kappa shape index (κ1) is 12.8. The minimum Gasteiger partial charge on any atom is -0.375 e. The van der Waals surface area contributed by atoms with Gasteiger partial charge in [-0.15, -0.1) is 10.2 Å². The van der Waals surface area contributed by atoms with Crippen molar-refractivity contribution in [2.45, 2.75) is 19.4 Å². The highest BCUT2D eigenvalue weighted by Crippen LogP contribution is 2.27. The second-order valence-corrected chi connectivity index (χ2v) is 4.75. The average Bonchev–Trinajstić information content (AvgIpc) is 2.99. The molecule has 0 aromatic carbocycles. The Bertz CT molecular complexity index is 529. The summed E-state index contributed by atoms with van der Waals surface area (Å²) in [5.74, 6) is 0. The number of hydrogen-bond acceptors (Lipinski definition) is 6. The summed E-state index contributed by atoms with van der Waals surface area (Å²) in [5, 5.41) is 20.5. The van der Waals surface area contributed by atoms with Crippen molar-refractivity contribution >= 4 is 28.1 Å². The summed E-state index contributed by atoms with van der Waals surface area (Å²) >= 11 is 6.99. The molecule has 0 saturated carbocycles. The number of unbranched alkanes of at least 4 members (excludes halogenated alkanes) is 1. The minimum absolute atomic E-state index is 0.273. The van der Waals surface area contributed by atoms with Gasteiger partial charge >= 0.3 is 0 Å². The number of nitrogens with one attached hydrogen (secondary N) is 1. The Morgan fingerprint density at radius 1 is 1.39 bits per heavy atom. The maximum Gasteiger partial charge on any atom is 0.162 e. The number of nitriles is 1. The highest BCUT2D eigenvalue weighted by atomic mass is 35.5. The van der Waals surface area contributed by atoms with Crippen LogP contribution < -0.4 is 5.32 Å². The van der Waals surface area contributed by atoms with Gasteiger partial charge in [0.05, 0.1) is 0 Å².